The Morgan fingerprint density at radius 1 is 0.857 bits per heavy atom. The monoisotopic (exact) mass is 388 g/mol. The maximum atomic E-state index is 15.2. The normalized spacial score (nSPS) is 13.2. The van der Waals surface area contributed by atoms with Crippen LogP contribution in [0.15, 0.2) is 48.5 Å². The number of hydrogen-bond donors (Lipinski definition) is 0. The summed E-state index contributed by atoms with van der Waals surface area (Å²) in [5.74, 6) is -1.47. The van der Waals surface area contributed by atoms with E-state index in [2.05, 4.69) is 6.07 Å². The van der Waals surface area contributed by atoms with Crippen molar-refractivity contribution in [3.05, 3.63) is 82.4 Å². The molecule has 0 radical (unpaired) electrons. The van der Waals surface area contributed by atoms with Crippen LogP contribution < -0.4 is 0 Å². The standard InChI is InChI=1S/C23H17F5/c1-2-13-3-9-17-15(11-13)6-10-18-19(17)12-20(24)21(22(18)25)14-4-7-16(8-5-14)23(26,27)28/h3-5,7-9,11-12H,2,6,10H2,1H3. The Labute approximate surface area is 159 Å². The van der Waals surface area contributed by atoms with Gasteiger partial charge in [-0.3, -0.25) is 0 Å². The molecule has 0 nitrogen and oxygen atoms in total. The molecule has 144 valence electrons. The Balaban J connectivity index is 1.83. The van der Waals surface area contributed by atoms with Crippen molar-refractivity contribution in [1.82, 2.24) is 0 Å². The average molecular weight is 388 g/mol. The molecular formula is C23H17F5. The predicted octanol–water partition coefficient (Wildman–Crippen LogP) is 6.98. The van der Waals surface area contributed by atoms with Crippen LogP contribution in [0.2, 0.25) is 0 Å². The molecule has 1 aliphatic carbocycles. The number of alkyl halides is 3. The summed E-state index contributed by atoms with van der Waals surface area (Å²) < 4.78 is 68.3. The number of halogens is 5. The summed E-state index contributed by atoms with van der Waals surface area (Å²) >= 11 is 0. The molecule has 0 fully saturated rings. The molecule has 5 heteroatoms. The van der Waals surface area contributed by atoms with E-state index in [4.69, 9.17) is 0 Å². The second-order valence-corrected chi connectivity index (χ2v) is 6.99. The zero-order chi connectivity index (χ0) is 20.1. The van der Waals surface area contributed by atoms with Crippen molar-refractivity contribution in [3.63, 3.8) is 0 Å². The minimum Gasteiger partial charge on any atom is -0.206 e. The molecule has 0 aliphatic heterocycles. The van der Waals surface area contributed by atoms with Gasteiger partial charge in [0.1, 0.15) is 11.6 Å². The van der Waals surface area contributed by atoms with E-state index in [1.165, 1.54) is 11.6 Å². The van der Waals surface area contributed by atoms with Crippen molar-refractivity contribution in [1.29, 1.82) is 0 Å². The van der Waals surface area contributed by atoms with Crippen molar-refractivity contribution >= 4 is 0 Å². The van der Waals surface area contributed by atoms with Crippen molar-refractivity contribution in [2.75, 3.05) is 0 Å². The van der Waals surface area contributed by atoms with Gasteiger partial charge in [0.05, 0.1) is 11.1 Å². The molecular weight excluding hydrogens is 371 g/mol. The SMILES string of the molecule is CCc1ccc2c(c1)CCc1c-2cc(F)c(-c2ccc(C(F)(F)F)cc2)c1F. The van der Waals surface area contributed by atoms with Gasteiger partial charge in [-0.25, -0.2) is 8.78 Å². The van der Waals surface area contributed by atoms with E-state index in [1.807, 2.05) is 19.1 Å². The lowest BCUT2D eigenvalue weighted by atomic mass is 9.82. The van der Waals surface area contributed by atoms with Crippen molar-refractivity contribution in [3.8, 4) is 22.3 Å². The Bertz CT molecular complexity index is 1050. The Morgan fingerprint density at radius 2 is 1.57 bits per heavy atom. The molecule has 0 bridgehead atoms. The van der Waals surface area contributed by atoms with Gasteiger partial charge in [-0.15, -0.1) is 0 Å². The number of aryl methyl sites for hydroxylation is 2. The molecule has 3 aromatic rings. The fourth-order valence-electron chi connectivity index (χ4n) is 3.83. The van der Waals surface area contributed by atoms with E-state index in [9.17, 15) is 17.6 Å². The molecule has 0 saturated heterocycles. The van der Waals surface area contributed by atoms with Crippen molar-refractivity contribution in [2.24, 2.45) is 0 Å². The van der Waals surface area contributed by atoms with Gasteiger partial charge in [-0.2, -0.15) is 13.2 Å². The van der Waals surface area contributed by atoms with Gasteiger partial charge in [0, 0.05) is 0 Å². The Kier molecular flexibility index (Phi) is 4.48. The third kappa shape index (κ3) is 3.09. The first kappa shape index (κ1) is 18.7. The maximum Gasteiger partial charge on any atom is 0.416 e. The highest BCUT2D eigenvalue weighted by Crippen LogP contribution is 2.40. The molecule has 1 aliphatic rings. The number of fused-ring (bicyclic) bond motifs is 3. The van der Waals surface area contributed by atoms with E-state index in [-0.39, 0.29) is 11.1 Å². The van der Waals surface area contributed by atoms with Gasteiger partial charge in [-0.05, 0) is 70.8 Å². The van der Waals surface area contributed by atoms with Gasteiger partial charge in [0.2, 0.25) is 0 Å². The third-order valence-corrected chi connectivity index (χ3v) is 5.33. The highest BCUT2D eigenvalue weighted by molar-refractivity contribution is 5.78. The molecule has 0 saturated carbocycles. The van der Waals surface area contributed by atoms with Gasteiger partial charge < -0.3 is 0 Å². The first-order valence-corrected chi connectivity index (χ1v) is 9.10. The van der Waals surface area contributed by atoms with Gasteiger partial charge in [-0.1, -0.05) is 37.3 Å². The third-order valence-electron chi connectivity index (χ3n) is 5.33. The van der Waals surface area contributed by atoms with Crippen molar-refractivity contribution in [2.45, 2.75) is 32.4 Å². The minimum absolute atomic E-state index is 0.0953. The zero-order valence-electron chi connectivity index (χ0n) is 15.1. The van der Waals surface area contributed by atoms with Gasteiger partial charge >= 0.3 is 6.18 Å². The van der Waals surface area contributed by atoms with E-state index in [1.54, 1.807) is 0 Å². The van der Waals surface area contributed by atoms with Crippen LogP contribution in [-0.2, 0) is 25.4 Å². The fourth-order valence-corrected chi connectivity index (χ4v) is 3.83. The molecule has 28 heavy (non-hydrogen) atoms. The topological polar surface area (TPSA) is 0 Å². The predicted molar refractivity (Wildman–Crippen MR) is 99.0 cm³/mol. The van der Waals surface area contributed by atoms with Gasteiger partial charge in [0.25, 0.3) is 0 Å². The van der Waals surface area contributed by atoms with Crippen LogP contribution in [0.5, 0.6) is 0 Å². The highest BCUT2D eigenvalue weighted by atomic mass is 19.4. The summed E-state index contributed by atoms with van der Waals surface area (Å²) in [4.78, 5) is 0. The molecule has 0 N–H and O–H groups in total. The summed E-state index contributed by atoms with van der Waals surface area (Å²) in [5.41, 5.74) is 2.95. The molecule has 4 rings (SSSR count). The summed E-state index contributed by atoms with van der Waals surface area (Å²) in [6.45, 7) is 2.05. The highest BCUT2D eigenvalue weighted by Gasteiger charge is 2.31. The lowest BCUT2D eigenvalue weighted by Crippen LogP contribution is -2.09. The van der Waals surface area contributed by atoms with E-state index >= 15 is 4.39 Å². The lowest BCUT2D eigenvalue weighted by molar-refractivity contribution is -0.137. The molecule has 3 aromatic carbocycles. The minimum atomic E-state index is -4.49. The first-order valence-electron chi connectivity index (χ1n) is 9.10. The smallest absolute Gasteiger partial charge is 0.206 e. The lowest BCUT2D eigenvalue weighted by Gasteiger charge is -2.23. The van der Waals surface area contributed by atoms with Crippen LogP contribution in [0.4, 0.5) is 22.0 Å². The summed E-state index contributed by atoms with van der Waals surface area (Å²) in [7, 11) is 0. The number of hydrogen-bond acceptors (Lipinski definition) is 0. The fraction of sp³-hybridized carbons (Fsp3) is 0.217. The van der Waals surface area contributed by atoms with Crippen LogP contribution in [0.25, 0.3) is 22.3 Å². The Hall–Kier alpha value is -2.69. The van der Waals surface area contributed by atoms with Crippen LogP contribution >= 0.6 is 0 Å². The summed E-state index contributed by atoms with van der Waals surface area (Å²) in [5, 5.41) is 0. The maximum absolute atomic E-state index is 15.2. The zero-order valence-corrected chi connectivity index (χ0v) is 15.1. The van der Waals surface area contributed by atoms with Crippen molar-refractivity contribution < 1.29 is 22.0 Å². The van der Waals surface area contributed by atoms with E-state index in [0.29, 0.717) is 24.0 Å². The molecule has 0 amide bonds. The molecule has 0 spiro atoms. The van der Waals surface area contributed by atoms with Crippen LogP contribution in [0.3, 0.4) is 0 Å². The van der Waals surface area contributed by atoms with Crippen LogP contribution in [-0.4, -0.2) is 0 Å². The van der Waals surface area contributed by atoms with E-state index in [0.717, 1.165) is 41.8 Å². The van der Waals surface area contributed by atoms with Crippen LogP contribution in [0.1, 0.15) is 29.2 Å². The Morgan fingerprint density at radius 3 is 2.21 bits per heavy atom. The average Bonchev–Trinajstić information content (AvgIpc) is 2.67. The number of rotatable bonds is 2. The molecule has 0 heterocycles. The summed E-state index contributed by atoms with van der Waals surface area (Å²) in [6.07, 6.45) is -2.54. The van der Waals surface area contributed by atoms with E-state index < -0.39 is 23.4 Å². The number of benzene rings is 3. The quantitative estimate of drug-likeness (QED) is 0.416. The molecule has 0 unspecified atom stereocenters. The second-order valence-electron chi connectivity index (χ2n) is 6.99. The van der Waals surface area contributed by atoms with Crippen LogP contribution in [0, 0.1) is 11.6 Å². The van der Waals surface area contributed by atoms with Gasteiger partial charge in [0.15, 0.2) is 0 Å². The molecule has 0 atom stereocenters. The molecule has 0 aromatic heterocycles. The largest absolute Gasteiger partial charge is 0.416 e. The summed E-state index contributed by atoms with van der Waals surface area (Å²) in [6, 6.07) is 11.1. The second kappa shape index (κ2) is 6.73. The first-order chi connectivity index (χ1) is 13.3.